The van der Waals surface area contributed by atoms with Gasteiger partial charge in [-0.05, 0) is 48.9 Å². The summed E-state index contributed by atoms with van der Waals surface area (Å²) < 4.78 is 0. The molecule has 0 aliphatic rings. The predicted octanol–water partition coefficient (Wildman–Crippen LogP) is 4.26. The summed E-state index contributed by atoms with van der Waals surface area (Å²) in [4.78, 5) is 16.5. The SMILES string of the molecule is Cc1cccc(Nc2cncc(C(=O)Nc3cccc(C#N)c3)c2)c1. The quantitative estimate of drug-likeness (QED) is 0.750. The molecule has 0 unspecified atom stereocenters. The van der Waals surface area contributed by atoms with E-state index in [2.05, 4.69) is 15.6 Å². The molecular weight excluding hydrogens is 312 g/mol. The second-order valence-electron chi connectivity index (χ2n) is 5.60. The number of hydrogen-bond donors (Lipinski definition) is 2. The lowest BCUT2D eigenvalue weighted by Crippen LogP contribution is -2.12. The molecule has 1 aromatic heterocycles. The van der Waals surface area contributed by atoms with Crippen LogP contribution in [0.2, 0.25) is 0 Å². The Balaban J connectivity index is 1.76. The van der Waals surface area contributed by atoms with E-state index in [1.807, 2.05) is 37.3 Å². The van der Waals surface area contributed by atoms with Gasteiger partial charge in [0, 0.05) is 17.6 Å². The molecular formula is C20H16N4O. The summed E-state index contributed by atoms with van der Waals surface area (Å²) in [5.41, 5.74) is 4.29. The van der Waals surface area contributed by atoms with Crippen molar-refractivity contribution in [3.05, 3.63) is 83.7 Å². The number of carbonyl (C=O) groups excluding carboxylic acids is 1. The Labute approximate surface area is 146 Å². The number of anilines is 3. The molecule has 25 heavy (non-hydrogen) atoms. The summed E-state index contributed by atoms with van der Waals surface area (Å²) in [6.07, 6.45) is 3.17. The summed E-state index contributed by atoms with van der Waals surface area (Å²) in [6, 6.07) is 18.5. The lowest BCUT2D eigenvalue weighted by Gasteiger charge is -2.09. The first-order valence-electron chi connectivity index (χ1n) is 7.74. The smallest absolute Gasteiger partial charge is 0.257 e. The molecule has 5 heteroatoms. The summed E-state index contributed by atoms with van der Waals surface area (Å²) in [5, 5.41) is 14.9. The van der Waals surface area contributed by atoms with Gasteiger partial charge in [-0.1, -0.05) is 18.2 Å². The highest BCUT2D eigenvalue weighted by Gasteiger charge is 2.08. The van der Waals surface area contributed by atoms with Gasteiger partial charge < -0.3 is 10.6 Å². The molecule has 2 N–H and O–H groups in total. The standard InChI is InChI=1S/C20H16N4O/c1-14-4-2-6-17(8-14)23-19-10-16(12-22-13-19)20(25)24-18-7-3-5-15(9-18)11-21/h2-10,12-13,23H,1H3,(H,24,25). The first-order valence-corrected chi connectivity index (χ1v) is 7.74. The molecule has 0 saturated heterocycles. The van der Waals surface area contributed by atoms with Crippen LogP contribution in [0.25, 0.3) is 0 Å². The molecule has 3 aromatic rings. The highest BCUT2D eigenvalue weighted by Crippen LogP contribution is 2.18. The maximum Gasteiger partial charge on any atom is 0.257 e. The van der Waals surface area contributed by atoms with Crippen molar-refractivity contribution in [2.45, 2.75) is 6.92 Å². The van der Waals surface area contributed by atoms with Crippen LogP contribution in [-0.4, -0.2) is 10.9 Å². The molecule has 0 aliphatic carbocycles. The number of pyridine rings is 1. The number of carbonyl (C=O) groups is 1. The van der Waals surface area contributed by atoms with E-state index >= 15 is 0 Å². The van der Waals surface area contributed by atoms with E-state index in [1.165, 1.54) is 6.20 Å². The summed E-state index contributed by atoms with van der Waals surface area (Å²) >= 11 is 0. The lowest BCUT2D eigenvalue weighted by molar-refractivity contribution is 0.102. The number of nitriles is 1. The number of nitrogens with one attached hydrogen (secondary N) is 2. The molecule has 2 aromatic carbocycles. The maximum atomic E-state index is 12.4. The second-order valence-corrected chi connectivity index (χ2v) is 5.60. The average Bonchev–Trinajstić information content (AvgIpc) is 2.62. The van der Waals surface area contributed by atoms with Crippen LogP contribution >= 0.6 is 0 Å². The van der Waals surface area contributed by atoms with Gasteiger partial charge in [0.15, 0.2) is 0 Å². The zero-order chi connectivity index (χ0) is 17.6. The van der Waals surface area contributed by atoms with E-state index < -0.39 is 0 Å². The van der Waals surface area contributed by atoms with Crippen LogP contribution in [0.5, 0.6) is 0 Å². The predicted molar refractivity (Wildman–Crippen MR) is 97.8 cm³/mol. The van der Waals surface area contributed by atoms with Crippen LogP contribution in [-0.2, 0) is 0 Å². The first kappa shape index (κ1) is 16.2. The minimum Gasteiger partial charge on any atom is -0.354 e. The van der Waals surface area contributed by atoms with Gasteiger partial charge in [-0.3, -0.25) is 9.78 Å². The Kier molecular flexibility index (Phi) is 4.72. The van der Waals surface area contributed by atoms with Crippen LogP contribution in [0, 0.1) is 18.3 Å². The van der Waals surface area contributed by atoms with Crippen LogP contribution in [0.1, 0.15) is 21.5 Å². The molecule has 5 nitrogen and oxygen atoms in total. The monoisotopic (exact) mass is 328 g/mol. The molecule has 3 rings (SSSR count). The second kappa shape index (κ2) is 7.28. The van der Waals surface area contributed by atoms with Gasteiger partial charge in [0.1, 0.15) is 0 Å². The Morgan fingerprint density at radius 1 is 1.00 bits per heavy atom. The fraction of sp³-hybridized carbons (Fsp3) is 0.0500. The van der Waals surface area contributed by atoms with Crippen molar-refractivity contribution in [3.63, 3.8) is 0 Å². The summed E-state index contributed by atoms with van der Waals surface area (Å²) in [5.74, 6) is -0.282. The van der Waals surface area contributed by atoms with Gasteiger partial charge in [-0.15, -0.1) is 0 Å². The highest BCUT2D eigenvalue weighted by atomic mass is 16.1. The lowest BCUT2D eigenvalue weighted by atomic mass is 10.2. The van der Waals surface area contributed by atoms with Gasteiger partial charge in [0.2, 0.25) is 0 Å². The Hall–Kier alpha value is -3.65. The van der Waals surface area contributed by atoms with Crippen molar-refractivity contribution in [1.82, 2.24) is 4.98 Å². The fourth-order valence-electron chi connectivity index (χ4n) is 2.39. The summed E-state index contributed by atoms with van der Waals surface area (Å²) in [7, 11) is 0. The fourth-order valence-corrected chi connectivity index (χ4v) is 2.39. The maximum absolute atomic E-state index is 12.4. The molecule has 0 radical (unpaired) electrons. The van der Waals surface area contributed by atoms with Crippen LogP contribution < -0.4 is 10.6 Å². The normalized spacial score (nSPS) is 9.92. The van der Waals surface area contributed by atoms with E-state index in [0.717, 1.165) is 16.9 Å². The van der Waals surface area contributed by atoms with Crippen molar-refractivity contribution >= 4 is 23.0 Å². The Bertz CT molecular complexity index is 960. The molecule has 122 valence electrons. The third-order valence-corrected chi connectivity index (χ3v) is 3.56. The Morgan fingerprint density at radius 3 is 2.60 bits per heavy atom. The summed E-state index contributed by atoms with van der Waals surface area (Å²) in [6.45, 7) is 2.02. The first-order chi connectivity index (χ1) is 12.1. The van der Waals surface area contributed by atoms with Crippen LogP contribution in [0.3, 0.4) is 0 Å². The third-order valence-electron chi connectivity index (χ3n) is 3.56. The number of aryl methyl sites for hydroxylation is 1. The van der Waals surface area contributed by atoms with Gasteiger partial charge >= 0.3 is 0 Å². The number of rotatable bonds is 4. The molecule has 1 heterocycles. The Morgan fingerprint density at radius 2 is 1.80 bits per heavy atom. The number of nitrogens with zero attached hydrogens (tertiary/aromatic N) is 2. The van der Waals surface area contributed by atoms with Crippen molar-refractivity contribution in [2.75, 3.05) is 10.6 Å². The van der Waals surface area contributed by atoms with Gasteiger partial charge in [-0.25, -0.2) is 0 Å². The van der Waals surface area contributed by atoms with Gasteiger partial charge in [0.05, 0.1) is 29.1 Å². The zero-order valence-electron chi connectivity index (χ0n) is 13.7. The van der Waals surface area contributed by atoms with Crippen molar-refractivity contribution in [3.8, 4) is 6.07 Å². The molecule has 0 aliphatic heterocycles. The van der Waals surface area contributed by atoms with Gasteiger partial charge in [-0.2, -0.15) is 5.26 Å². The molecule has 1 amide bonds. The minimum atomic E-state index is -0.282. The molecule has 0 bridgehead atoms. The average molecular weight is 328 g/mol. The minimum absolute atomic E-state index is 0.282. The number of hydrogen-bond acceptors (Lipinski definition) is 4. The van der Waals surface area contributed by atoms with E-state index in [9.17, 15) is 4.79 Å². The largest absolute Gasteiger partial charge is 0.354 e. The topological polar surface area (TPSA) is 77.8 Å². The number of aromatic nitrogens is 1. The molecule has 0 spiro atoms. The zero-order valence-corrected chi connectivity index (χ0v) is 13.7. The van der Waals surface area contributed by atoms with E-state index in [4.69, 9.17) is 5.26 Å². The highest BCUT2D eigenvalue weighted by molar-refractivity contribution is 6.04. The molecule has 0 atom stereocenters. The van der Waals surface area contributed by atoms with Crippen molar-refractivity contribution < 1.29 is 4.79 Å². The van der Waals surface area contributed by atoms with E-state index in [1.54, 1.807) is 36.5 Å². The van der Waals surface area contributed by atoms with Crippen LogP contribution in [0.4, 0.5) is 17.1 Å². The number of benzene rings is 2. The molecule has 0 fully saturated rings. The van der Waals surface area contributed by atoms with E-state index in [0.29, 0.717) is 16.8 Å². The van der Waals surface area contributed by atoms with Crippen molar-refractivity contribution in [2.24, 2.45) is 0 Å². The third kappa shape index (κ3) is 4.21. The van der Waals surface area contributed by atoms with Crippen molar-refractivity contribution in [1.29, 1.82) is 5.26 Å². The number of amides is 1. The van der Waals surface area contributed by atoms with E-state index in [-0.39, 0.29) is 5.91 Å². The van der Waals surface area contributed by atoms with Gasteiger partial charge in [0.25, 0.3) is 5.91 Å². The van der Waals surface area contributed by atoms with Crippen LogP contribution in [0.15, 0.2) is 67.0 Å². The molecule has 0 saturated carbocycles.